The average Bonchev–Trinajstić information content (AvgIpc) is 3.42. The molecular weight excluding hydrogens is 647 g/mol. The number of ether oxygens (including phenoxy) is 2. The van der Waals surface area contributed by atoms with Crippen molar-refractivity contribution >= 4 is 32.0 Å². The molecule has 262 valence electrons. The van der Waals surface area contributed by atoms with E-state index in [0.29, 0.717) is 17.8 Å². The highest BCUT2D eigenvalue weighted by Crippen LogP contribution is 2.32. The Balaban J connectivity index is 1.33. The molecular formula is C40H47N3O6Si. The zero-order valence-electron chi connectivity index (χ0n) is 29.8. The largest absolute Gasteiger partial charge is 0.465 e. The Morgan fingerprint density at radius 2 is 1.58 bits per heavy atom. The van der Waals surface area contributed by atoms with Gasteiger partial charge in [0.15, 0.2) is 0 Å². The molecule has 0 saturated carbocycles. The number of fused-ring (bicyclic) bond motifs is 1. The lowest BCUT2D eigenvalue weighted by atomic mass is 9.87. The number of rotatable bonds is 7. The Morgan fingerprint density at radius 3 is 2.22 bits per heavy atom. The van der Waals surface area contributed by atoms with Gasteiger partial charge < -0.3 is 25.0 Å². The standard InChI is InChI=1S/C40H47N3O6Si/c1-40(2,3)49-39(47)42-34(24-29-18-16-27(17-19-29)14-15-28-20-22-31(23-21-28)38(46)48-4)37(45)43-26-50(5,6)25-35(43)36(44)41-33-13-9-11-30-10-7-8-12-32(30)33/h7-8,10,12,16-23,33-35H,9,11,13,24-26H2,1-6H3,(H,41,44)(H,42,47)/t33-,34+,35+/m1/s1. The molecule has 3 amide bonds. The second-order valence-corrected chi connectivity index (χ2v) is 20.0. The van der Waals surface area contributed by atoms with Gasteiger partial charge in [0.2, 0.25) is 11.8 Å². The van der Waals surface area contributed by atoms with E-state index in [4.69, 9.17) is 9.47 Å². The summed E-state index contributed by atoms with van der Waals surface area (Å²) >= 11 is 0. The molecule has 3 atom stereocenters. The maximum absolute atomic E-state index is 14.4. The van der Waals surface area contributed by atoms with Crippen molar-refractivity contribution in [2.45, 2.75) is 89.3 Å². The summed E-state index contributed by atoms with van der Waals surface area (Å²) in [7, 11) is -0.598. The van der Waals surface area contributed by atoms with Crippen LogP contribution in [0, 0.1) is 11.8 Å². The highest BCUT2D eigenvalue weighted by atomic mass is 28.3. The zero-order chi connectivity index (χ0) is 36.1. The van der Waals surface area contributed by atoms with Crippen LogP contribution >= 0.6 is 0 Å². The Bertz CT molecular complexity index is 1790. The summed E-state index contributed by atoms with van der Waals surface area (Å²) in [5.41, 5.74) is 4.44. The van der Waals surface area contributed by atoms with Crippen molar-refractivity contribution in [3.05, 3.63) is 106 Å². The van der Waals surface area contributed by atoms with Crippen molar-refractivity contribution < 1.29 is 28.7 Å². The smallest absolute Gasteiger partial charge is 0.408 e. The highest BCUT2D eigenvalue weighted by Gasteiger charge is 2.47. The van der Waals surface area contributed by atoms with E-state index < -0.39 is 37.8 Å². The number of amides is 3. The van der Waals surface area contributed by atoms with E-state index in [-0.39, 0.29) is 24.3 Å². The molecule has 2 aliphatic rings. The van der Waals surface area contributed by atoms with Gasteiger partial charge in [-0.1, -0.05) is 61.3 Å². The minimum atomic E-state index is -1.94. The lowest BCUT2D eigenvalue weighted by Gasteiger charge is -2.32. The van der Waals surface area contributed by atoms with E-state index in [9.17, 15) is 19.2 Å². The fraction of sp³-hybridized carbons (Fsp3) is 0.400. The van der Waals surface area contributed by atoms with Crippen molar-refractivity contribution in [1.29, 1.82) is 0 Å². The summed E-state index contributed by atoms with van der Waals surface area (Å²) in [5, 5.41) is 6.11. The maximum atomic E-state index is 14.4. The van der Waals surface area contributed by atoms with E-state index in [2.05, 4.69) is 47.7 Å². The Morgan fingerprint density at radius 1 is 0.940 bits per heavy atom. The first-order valence-electron chi connectivity index (χ1n) is 17.2. The first-order valence-corrected chi connectivity index (χ1v) is 20.6. The van der Waals surface area contributed by atoms with Crippen LogP contribution in [0.1, 0.15) is 77.8 Å². The number of esters is 1. The summed E-state index contributed by atoms with van der Waals surface area (Å²) in [6, 6.07) is 21.6. The SMILES string of the molecule is COC(=O)c1ccc(C#Cc2ccc(C[C@H](NC(=O)OC(C)(C)C)C(=O)N3C[Si](C)(C)C[C@H]3C(=O)N[C@@H]3CCCc4ccccc43)cc2)cc1. The van der Waals surface area contributed by atoms with Gasteiger partial charge >= 0.3 is 12.1 Å². The second kappa shape index (κ2) is 15.3. The van der Waals surface area contributed by atoms with Gasteiger partial charge in [0.1, 0.15) is 17.7 Å². The minimum Gasteiger partial charge on any atom is -0.465 e. The predicted octanol–water partition coefficient (Wildman–Crippen LogP) is 5.96. The summed E-state index contributed by atoms with van der Waals surface area (Å²) in [5.74, 6) is 5.38. The van der Waals surface area contributed by atoms with E-state index in [0.717, 1.165) is 41.5 Å². The van der Waals surface area contributed by atoms with E-state index in [1.54, 1.807) is 49.9 Å². The molecule has 0 radical (unpaired) electrons. The molecule has 5 rings (SSSR count). The molecule has 2 N–H and O–H groups in total. The molecule has 3 aromatic rings. The third-order valence-electron chi connectivity index (χ3n) is 9.03. The number of hydrogen-bond acceptors (Lipinski definition) is 6. The zero-order valence-corrected chi connectivity index (χ0v) is 30.8. The Labute approximate surface area is 296 Å². The maximum Gasteiger partial charge on any atom is 0.408 e. The van der Waals surface area contributed by atoms with Crippen LogP contribution in [0.25, 0.3) is 0 Å². The molecule has 3 aromatic carbocycles. The molecule has 1 saturated heterocycles. The van der Waals surface area contributed by atoms with Crippen LogP contribution in [-0.2, 0) is 31.9 Å². The van der Waals surface area contributed by atoms with Crippen LogP contribution in [0.4, 0.5) is 4.79 Å². The van der Waals surface area contributed by atoms with Crippen molar-refractivity contribution in [1.82, 2.24) is 15.5 Å². The third kappa shape index (κ3) is 9.42. The van der Waals surface area contributed by atoms with Gasteiger partial charge in [0, 0.05) is 23.7 Å². The van der Waals surface area contributed by atoms with Gasteiger partial charge in [-0.15, -0.1) is 0 Å². The van der Waals surface area contributed by atoms with Crippen molar-refractivity contribution in [2.75, 3.05) is 13.3 Å². The average molecular weight is 694 g/mol. The van der Waals surface area contributed by atoms with Crippen LogP contribution < -0.4 is 10.6 Å². The monoisotopic (exact) mass is 693 g/mol. The molecule has 10 heteroatoms. The van der Waals surface area contributed by atoms with Crippen molar-refractivity contribution in [3.63, 3.8) is 0 Å². The summed E-state index contributed by atoms with van der Waals surface area (Å²) in [4.78, 5) is 54.8. The first-order chi connectivity index (χ1) is 23.7. The summed E-state index contributed by atoms with van der Waals surface area (Å²) in [6.07, 6.45) is 2.89. The van der Waals surface area contributed by atoms with Gasteiger partial charge in [-0.25, -0.2) is 9.59 Å². The number of carbonyl (C=O) groups is 4. The number of carbonyl (C=O) groups excluding carboxylic acids is 4. The Kier molecular flexibility index (Phi) is 11.2. The Hall–Kier alpha value is -4.88. The molecule has 0 spiro atoms. The molecule has 1 fully saturated rings. The number of aryl methyl sites for hydroxylation is 1. The fourth-order valence-electron chi connectivity index (χ4n) is 6.67. The topological polar surface area (TPSA) is 114 Å². The van der Waals surface area contributed by atoms with Gasteiger partial charge in [-0.2, -0.15) is 0 Å². The molecule has 1 heterocycles. The van der Waals surface area contributed by atoms with E-state index in [1.807, 2.05) is 36.4 Å². The fourth-order valence-corrected chi connectivity index (χ4v) is 9.55. The minimum absolute atomic E-state index is 0.0914. The van der Waals surface area contributed by atoms with E-state index in [1.165, 1.54) is 12.7 Å². The highest BCUT2D eigenvalue weighted by molar-refractivity contribution is 6.79. The van der Waals surface area contributed by atoms with Crippen LogP contribution in [0.3, 0.4) is 0 Å². The van der Waals surface area contributed by atoms with Gasteiger partial charge in [0.25, 0.3) is 0 Å². The number of methoxy groups -OCH3 is 1. The van der Waals surface area contributed by atoms with Gasteiger partial charge in [-0.3, -0.25) is 9.59 Å². The van der Waals surface area contributed by atoms with Crippen LogP contribution in [0.2, 0.25) is 19.1 Å². The van der Waals surface area contributed by atoms with E-state index >= 15 is 0 Å². The molecule has 0 aromatic heterocycles. The van der Waals surface area contributed by atoms with Crippen LogP contribution in [-0.4, -0.2) is 67.8 Å². The number of hydrogen-bond donors (Lipinski definition) is 2. The van der Waals surface area contributed by atoms with Crippen molar-refractivity contribution in [2.24, 2.45) is 0 Å². The lowest BCUT2D eigenvalue weighted by molar-refractivity contribution is -0.140. The quantitative estimate of drug-likeness (QED) is 0.179. The van der Waals surface area contributed by atoms with Crippen LogP contribution in [0.15, 0.2) is 72.8 Å². The summed E-state index contributed by atoms with van der Waals surface area (Å²) < 4.78 is 10.3. The summed E-state index contributed by atoms with van der Waals surface area (Å²) in [6.45, 7) is 9.71. The third-order valence-corrected chi connectivity index (χ3v) is 11.7. The van der Waals surface area contributed by atoms with Crippen molar-refractivity contribution in [3.8, 4) is 11.8 Å². The number of nitrogens with zero attached hydrogens (tertiary/aromatic N) is 1. The number of nitrogens with one attached hydrogen (secondary N) is 2. The van der Waals surface area contributed by atoms with Crippen LogP contribution in [0.5, 0.6) is 0 Å². The lowest BCUT2D eigenvalue weighted by Crippen LogP contribution is -2.55. The number of benzene rings is 3. The molecule has 0 bridgehead atoms. The molecule has 1 aliphatic carbocycles. The molecule has 9 nitrogen and oxygen atoms in total. The van der Waals surface area contributed by atoms with Gasteiger partial charge in [0.05, 0.1) is 26.8 Å². The second-order valence-electron chi connectivity index (χ2n) is 14.9. The van der Waals surface area contributed by atoms with Gasteiger partial charge in [-0.05, 0) is 99.2 Å². The molecule has 0 unspecified atom stereocenters. The number of alkyl carbamates (subject to hydrolysis) is 1. The molecule has 1 aliphatic heterocycles. The first kappa shape index (κ1) is 36.4. The predicted molar refractivity (Wildman–Crippen MR) is 195 cm³/mol. The molecule has 50 heavy (non-hydrogen) atoms. The normalized spacial score (nSPS) is 18.5.